The summed E-state index contributed by atoms with van der Waals surface area (Å²) in [5, 5.41) is 12.6. The summed E-state index contributed by atoms with van der Waals surface area (Å²) >= 11 is 0. The van der Waals surface area contributed by atoms with Crippen molar-refractivity contribution in [2.45, 2.75) is 39.3 Å². The lowest BCUT2D eigenvalue weighted by molar-refractivity contribution is 0.239. The molecule has 1 aromatic rings. The molecule has 1 aromatic heterocycles. The average Bonchev–Trinajstić information content (AvgIpc) is 2.68. The van der Waals surface area contributed by atoms with E-state index in [9.17, 15) is 5.11 Å². The number of aryl methyl sites for hydroxylation is 1. The highest BCUT2D eigenvalue weighted by atomic mass is 16.3. The third-order valence-corrected chi connectivity index (χ3v) is 2.39. The van der Waals surface area contributed by atoms with Gasteiger partial charge >= 0.3 is 0 Å². The van der Waals surface area contributed by atoms with E-state index < -0.39 is 0 Å². The van der Waals surface area contributed by atoms with Gasteiger partial charge in [-0.25, -0.2) is 4.98 Å². The van der Waals surface area contributed by atoms with Crippen LogP contribution in [0.15, 0.2) is 12.5 Å². The largest absolute Gasteiger partial charge is 0.394 e. The summed E-state index contributed by atoms with van der Waals surface area (Å²) in [6.07, 6.45) is 5.81. The van der Waals surface area contributed by atoms with E-state index in [1.165, 1.54) is 0 Å². The van der Waals surface area contributed by atoms with Gasteiger partial charge in [-0.1, -0.05) is 13.8 Å². The molecule has 4 heteroatoms. The molecule has 0 saturated heterocycles. The summed E-state index contributed by atoms with van der Waals surface area (Å²) in [7, 11) is 0. The Labute approximate surface area is 91.3 Å². The molecule has 4 nitrogen and oxygen atoms in total. The molecule has 0 spiro atoms. The van der Waals surface area contributed by atoms with E-state index in [0.29, 0.717) is 0 Å². The van der Waals surface area contributed by atoms with Crippen molar-refractivity contribution in [2.24, 2.45) is 0 Å². The molecule has 0 saturated carbocycles. The second kappa shape index (κ2) is 6.58. The SMILES string of the molecule is CCCNC(CO)c1cncn1CCC. The van der Waals surface area contributed by atoms with Crippen LogP contribution in [0.4, 0.5) is 0 Å². The third kappa shape index (κ3) is 3.32. The molecule has 2 N–H and O–H groups in total. The number of hydrogen-bond acceptors (Lipinski definition) is 3. The van der Waals surface area contributed by atoms with Crippen molar-refractivity contribution in [2.75, 3.05) is 13.2 Å². The summed E-state index contributed by atoms with van der Waals surface area (Å²) < 4.78 is 2.10. The van der Waals surface area contributed by atoms with Crippen molar-refractivity contribution in [3.8, 4) is 0 Å². The van der Waals surface area contributed by atoms with Crippen LogP contribution >= 0.6 is 0 Å². The molecule has 0 amide bonds. The molecule has 1 heterocycles. The molecule has 1 atom stereocenters. The molecule has 0 aliphatic carbocycles. The van der Waals surface area contributed by atoms with Gasteiger partial charge in [0, 0.05) is 12.7 Å². The Morgan fingerprint density at radius 3 is 2.87 bits per heavy atom. The van der Waals surface area contributed by atoms with Crippen molar-refractivity contribution in [1.29, 1.82) is 0 Å². The molecular weight excluding hydrogens is 190 g/mol. The number of nitrogens with zero attached hydrogens (tertiary/aromatic N) is 2. The Hall–Kier alpha value is -0.870. The highest BCUT2D eigenvalue weighted by molar-refractivity contribution is 5.05. The minimum atomic E-state index is 0.0130. The van der Waals surface area contributed by atoms with E-state index in [4.69, 9.17) is 0 Å². The standard InChI is InChI=1S/C11H21N3O/c1-3-5-13-10(8-15)11-7-12-9-14(11)6-4-2/h7,9-10,13,15H,3-6,8H2,1-2H3. The first-order valence-electron chi connectivity index (χ1n) is 5.67. The van der Waals surface area contributed by atoms with Crippen LogP contribution in [-0.2, 0) is 6.54 Å². The van der Waals surface area contributed by atoms with Gasteiger partial charge in [0.05, 0.1) is 24.7 Å². The molecule has 0 aliphatic rings. The van der Waals surface area contributed by atoms with E-state index in [1.807, 2.05) is 12.5 Å². The summed E-state index contributed by atoms with van der Waals surface area (Å²) in [5.74, 6) is 0. The van der Waals surface area contributed by atoms with Gasteiger partial charge in [0.25, 0.3) is 0 Å². The van der Waals surface area contributed by atoms with Crippen LogP contribution in [0.2, 0.25) is 0 Å². The Kier molecular flexibility index (Phi) is 5.36. The molecule has 86 valence electrons. The second-order valence-corrected chi connectivity index (χ2v) is 3.70. The third-order valence-electron chi connectivity index (χ3n) is 2.39. The van der Waals surface area contributed by atoms with E-state index in [-0.39, 0.29) is 12.6 Å². The Bertz CT molecular complexity index is 273. The van der Waals surface area contributed by atoms with Crippen LogP contribution in [0.1, 0.15) is 38.4 Å². The maximum atomic E-state index is 9.31. The predicted molar refractivity (Wildman–Crippen MR) is 60.6 cm³/mol. The van der Waals surface area contributed by atoms with Gasteiger partial charge in [0.15, 0.2) is 0 Å². The quantitative estimate of drug-likeness (QED) is 0.715. The lowest BCUT2D eigenvalue weighted by atomic mass is 10.2. The van der Waals surface area contributed by atoms with Gasteiger partial charge in [-0.05, 0) is 19.4 Å². The van der Waals surface area contributed by atoms with E-state index in [2.05, 4.69) is 28.7 Å². The minimum Gasteiger partial charge on any atom is -0.394 e. The van der Waals surface area contributed by atoms with Gasteiger partial charge in [-0.15, -0.1) is 0 Å². The average molecular weight is 211 g/mol. The minimum absolute atomic E-state index is 0.0130. The van der Waals surface area contributed by atoms with Gasteiger partial charge in [-0.2, -0.15) is 0 Å². The Morgan fingerprint density at radius 1 is 1.47 bits per heavy atom. The van der Waals surface area contributed by atoms with E-state index in [0.717, 1.165) is 31.6 Å². The fourth-order valence-electron chi connectivity index (χ4n) is 1.63. The zero-order chi connectivity index (χ0) is 11.1. The number of nitrogens with one attached hydrogen (secondary N) is 1. The molecule has 0 radical (unpaired) electrons. The maximum Gasteiger partial charge on any atom is 0.0948 e. The first-order chi connectivity index (χ1) is 7.33. The lowest BCUT2D eigenvalue weighted by Crippen LogP contribution is -2.27. The summed E-state index contributed by atoms with van der Waals surface area (Å²) in [6, 6.07) is 0.0130. The van der Waals surface area contributed by atoms with Crippen molar-refractivity contribution < 1.29 is 5.11 Å². The molecule has 0 aliphatic heterocycles. The van der Waals surface area contributed by atoms with Crippen LogP contribution < -0.4 is 5.32 Å². The van der Waals surface area contributed by atoms with Gasteiger partial charge < -0.3 is 15.0 Å². The number of aliphatic hydroxyl groups excluding tert-OH is 1. The van der Waals surface area contributed by atoms with Crippen molar-refractivity contribution in [3.63, 3.8) is 0 Å². The summed E-state index contributed by atoms with van der Waals surface area (Å²) in [4.78, 5) is 4.13. The zero-order valence-electron chi connectivity index (χ0n) is 9.61. The maximum absolute atomic E-state index is 9.31. The fraction of sp³-hybridized carbons (Fsp3) is 0.727. The monoisotopic (exact) mass is 211 g/mol. The number of rotatable bonds is 7. The second-order valence-electron chi connectivity index (χ2n) is 3.70. The molecule has 15 heavy (non-hydrogen) atoms. The number of hydrogen-bond donors (Lipinski definition) is 2. The van der Waals surface area contributed by atoms with Crippen LogP contribution in [0, 0.1) is 0 Å². The number of imidazole rings is 1. The van der Waals surface area contributed by atoms with E-state index in [1.54, 1.807) is 0 Å². The number of aromatic nitrogens is 2. The molecular formula is C11H21N3O. The molecule has 1 rings (SSSR count). The first kappa shape index (κ1) is 12.2. The Morgan fingerprint density at radius 2 is 2.27 bits per heavy atom. The molecule has 1 unspecified atom stereocenters. The van der Waals surface area contributed by atoms with Crippen molar-refractivity contribution in [3.05, 3.63) is 18.2 Å². The van der Waals surface area contributed by atoms with Crippen LogP contribution in [0.5, 0.6) is 0 Å². The highest BCUT2D eigenvalue weighted by Crippen LogP contribution is 2.12. The fourth-order valence-corrected chi connectivity index (χ4v) is 1.63. The van der Waals surface area contributed by atoms with Gasteiger partial charge in [-0.3, -0.25) is 0 Å². The summed E-state index contributed by atoms with van der Waals surface area (Å²) in [5.41, 5.74) is 1.08. The van der Waals surface area contributed by atoms with Crippen LogP contribution in [0.25, 0.3) is 0 Å². The predicted octanol–water partition coefficient (Wildman–Crippen LogP) is 1.33. The highest BCUT2D eigenvalue weighted by Gasteiger charge is 2.13. The first-order valence-corrected chi connectivity index (χ1v) is 5.67. The van der Waals surface area contributed by atoms with Gasteiger partial charge in [0.1, 0.15) is 0 Å². The van der Waals surface area contributed by atoms with Crippen LogP contribution in [0.3, 0.4) is 0 Å². The number of aliphatic hydroxyl groups is 1. The topological polar surface area (TPSA) is 50.1 Å². The molecule has 0 bridgehead atoms. The van der Waals surface area contributed by atoms with Crippen LogP contribution in [-0.4, -0.2) is 27.8 Å². The van der Waals surface area contributed by atoms with Gasteiger partial charge in [0.2, 0.25) is 0 Å². The zero-order valence-corrected chi connectivity index (χ0v) is 9.61. The molecule has 0 fully saturated rings. The Balaban J connectivity index is 2.67. The molecule has 0 aromatic carbocycles. The lowest BCUT2D eigenvalue weighted by Gasteiger charge is -2.17. The van der Waals surface area contributed by atoms with Crippen molar-refractivity contribution in [1.82, 2.24) is 14.9 Å². The van der Waals surface area contributed by atoms with Crippen molar-refractivity contribution >= 4 is 0 Å². The summed E-state index contributed by atoms with van der Waals surface area (Å²) in [6.45, 7) is 6.25. The van der Waals surface area contributed by atoms with E-state index >= 15 is 0 Å². The smallest absolute Gasteiger partial charge is 0.0948 e. The normalized spacial score (nSPS) is 13.0.